The van der Waals surface area contributed by atoms with E-state index in [1.165, 1.54) is 0 Å². The summed E-state index contributed by atoms with van der Waals surface area (Å²) >= 11 is 0. The average Bonchev–Trinajstić information content (AvgIpc) is 3.52. The Balaban J connectivity index is 1.24. The number of benzene rings is 3. The monoisotopic (exact) mass is 554 g/mol. The minimum Gasteiger partial charge on any atom is -0.497 e. The van der Waals surface area contributed by atoms with Crippen molar-refractivity contribution in [2.75, 3.05) is 34.6 Å². The van der Waals surface area contributed by atoms with Crippen molar-refractivity contribution >= 4 is 22.8 Å². The van der Waals surface area contributed by atoms with Crippen molar-refractivity contribution in [2.24, 2.45) is 0 Å². The predicted molar refractivity (Wildman–Crippen MR) is 157 cm³/mol. The molecule has 0 bridgehead atoms. The number of carbonyl (C=O) groups is 1. The molecule has 4 aromatic rings. The molecule has 8 heteroatoms. The Morgan fingerprint density at radius 3 is 2.56 bits per heavy atom. The van der Waals surface area contributed by atoms with Gasteiger partial charge in [0.1, 0.15) is 24.0 Å². The van der Waals surface area contributed by atoms with Crippen LogP contribution in [0.15, 0.2) is 54.4 Å². The summed E-state index contributed by atoms with van der Waals surface area (Å²) in [6.07, 6.45) is 4.72. The summed E-state index contributed by atoms with van der Waals surface area (Å²) in [6, 6.07) is 13.9. The van der Waals surface area contributed by atoms with E-state index in [4.69, 9.17) is 23.7 Å². The number of Topliss-reactive ketones (excluding diaryl/α,β-unsaturated/α-hetero) is 1. The molecule has 0 radical (unpaired) electrons. The van der Waals surface area contributed by atoms with E-state index in [9.17, 15) is 4.79 Å². The number of fused-ring (bicyclic) bond motifs is 3. The zero-order valence-electron chi connectivity index (χ0n) is 24.1. The Bertz CT molecular complexity index is 1690. The smallest absolute Gasteiger partial charge is 0.231 e. The first-order valence-electron chi connectivity index (χ1n) is 13.8. The number of carbonyl (C=O) groups excluding carboxylic acids is 1. The Hall–Kier alpha value is -4.43. The maximum atomic E-state index is 13.6. The molecule has 1 aromatic heterocycles. The van der Waals surface area contributed by atoms with Gasteiger partial charge < -0.3 is 28.3 Å². The van der Waals surface area contributed by atoms with E-state index in [0.717, 1.165) is 69.9 Å². The molecule has 2 aliphatic heterocycles. The van der Waals surface area contributed by atoms with Crippen LogP contribution in [-0.4, -0.2) is 49.9 Å². The van der Waals surface area contributed by atoms with Gasteiger partial charge in [0.2, 0.25) is 5.78 Å². The summed E-state index contributed by atoms with van der Waals surface area (Å²) in [6.45, 7) is 6.82. The van der Waals surface area contributed by atoms with Crippen LogP contribution in [0, 0.1) is 6.92 Å². The summed E-state index contributed by atoms with van der Waals surface area (Å²) < 4.78 is 30.8. The Morgan fingerprint density at radius 2 is 1.80 bits per heavy atom. The van der Waals surface area contributed by atoms with Crippen molar-refractivity contribution in [3.63, 3.8) is 0 Å². The molecule has 0 aliphatic carbocycles. The molecular formula is C33H34N2O6. The zero-order valence-corrected chi connectivity index (χ0v) is 24.1. The third-order valence-electron chi connectivity index (χ3n) is 7.91. The number of aryl methyl sites for hydroxylation is 1. The molecule has 0 saturated heterocycles. The maximum absolute atomic E-state index is 13.6. The summed E-state index contributed by atoms with van der Waals surface area (Å²) in [5, 5.41) is 1.01. The lowest BCUT2D eigenvalue weighted by Crippen LogP contribution is -2.34. The Morgan fingerprint density at radius 1 is 0.976 bits per heavy atom. The molecule has 212 valence electrons. The van der Waals surface area contributed by atoms with Crippen molar-refractivity contribution in [2.45, 2.75) is 33.4 Å². The van der Waals surface area contributed by atoms with E-state index in [0.29, 0.717) is 36.1 Å². The minimum atomic E-state index is -0.117. The SMILES string of the molecule is CCn1cc(/C=C2\Oc3c(cc4c(c3C)OCN(CCc3ccc(OC)c(OC)c3)C4)C2=O)c2cc(OC)ccc21. The van der Waals surface area contributed by atoms with Crippen LogP contribution in [0.25, 0.3) is 17.0 Å². The molecule has 0 fully saturated rings. The number of allylic oxidation sites excluding steroid dienone is 1. The average molecular weight is 555 g/mol. The number of ketones is 1. The third-order valence-corrected chi connectivity index (χ3v) is 7.91. The second-order valence-electron chi connectivity index (χ2n) is 10.3. The Labute approximate surface area is 239 Å². The number of aromatic nitrogens is 1. The van der Waals surface area contributed by atoms with E-state index in [2.05, 4.69) is 22.5 Å². The van der Waals surface area contributed by atoms with Gasteiger partial charge in [-0.15, -0.1) is 0 Å². The predicted octanol–water partition coefficient (Wildman–Crippen LogP) is 6.01. The van der Waals surface area contributed by atoms with Crippen LogP contribution in [0.2, 0.25) is 0 Å². The van der Waals surface area contributed by atoms with Gasteiger partial charge >= 0.3 is 0 Å². The lowest BCUT2D eigenvalue weighted by Gasteiger charge is -2.30. The van der Waals surface area contributed by atoms with Crippen LogP contribution in [-0.2, 0) is 19.5 Å². The molecule has 0 unspecified atom stereocenters. The molecule has 0 atom stereocenters. The number of hydrogen-bond acceptors (Lipinski definition) is 7. The Kier molecular flexibility index (Phi) is 7.09. The quantitative estimate of drug-likeness (QED) is 0.247. The van der Waals surface area contributed by atoms with E-state index in [-0.39, 0.29) is 5.78 Å². The number of methoxy groups -OCH3 is 3. The lowest BCUT2D eigenvalue weighted by molar-refractivity contribution is 0.0953. The van der Waals surface area contributed by atoms with Gasteiger partial charge in [-0.25, -0.2) is 0 Å². The van der Waals surface area contributed by atoms with Gasteiger partial charge in [0.15, 0.2) is 17.3 Å². The highest BCUT2D eigenvalue weighted by atomic mass is 16.5. The number of hydrogen-bond donors (Lipinski definition) is 0. The molecule has 2 aliphatic rings. The standard InChI is InChI=1S/C33H34N2O6/c1-6-35-18-22(25-16-24(37-3)8-9-27(25)35)15-30-31(36)26-14-23-17-34(19-40-32(23)20(2)33(26)41-30)12-11-21-7-10-28(38-4)29(13-21)39-5/h7-10,13-16,18H,6,11-12,17,19H2,1-5H3/b30-15-. The van der Waals surface area contributed by atoms with Gasteiger partial charge in [0.05, 0.1) is 26.9 Å². The normalized spacial score (nSPS) is 15.4. The molecule has 0 spiro atoms. The molecule has 0 amide bonds. The number of nitrogens with zero attached hydrogens (tertiary/aromatic N) is 2. The van der Waals surface area contributed by atoms with E-state index >= 15 is 0 Å². The van der Waals surface area contributed by atoms with E-state index in [1.54, 1.807) is 21.3 Å². The summed E-state index contributed by atoms with van der Waals surface area (Å²) in [4.78, 5) is 15.8. The zero-order chi connectivity index (χ0) is 28.7. The first kappa shape index (κ1) is 26.8. The van der Waals surface area contributed by atoms with Crippen LogP contribution >= 0.6 is 0 Å². The molecule has 0 saturated carbocycles. The first-order valence-corrected chi connectivity index (χ1v) is 13.8. The fraction of sp³-hybridized carbons (Fsp3) is 0.303. The van der Waals surface area contributed by atoms with Crippen molar-refractivity contribution in [1.82, 2.24) is 9.47 Å². The second-order valence-corrected chi connectivity index (χ2v) is 10.3. The molecule has 3 heterocycles. The number of rotatable bonds is 8. The fourth-order valence-electron chi connectivity index (χ4n) is 5.71. The molecular weight excluding hydrogens is 520 g/mol. The van der Waals surface area contributed by atoms with Crippen molar-refractivity contribution < 1.29 is 28.5 Å². The molecule has 3 aromatic carbocycles. The van der Waals surface area contributed by atoms with Crippen LogP contribution in [0.3, 0.4) is 0 Å². The largest absolute Gasteiger partial charge is 0.497 e. The second kappa shape index (κ2) is 10.9. The summed E-state index contributed by atoms with van der Waals surface area (Å²) in [5.74, 6) is 3.78. The van der Waals surface area contributed by atoms with Gasteiger partial charge in [-0.3, -0.25) is 9.69 Å². The van der Waals surface area contributed by atoms with Crippen LogP contribution in [0.4, 0.5) is 0 Å². The topological polar surface area (TPSA) is 71.4 Å². The summed E-state index contributed by atoms with van der Waals surface area (Å²) in [5.41, 5.74) is 5.57. The van der Waals surface area contributed by atoms with E-state index in [1.807, 2.05) is 55.6 Å². The van der Waals surface area contributed by atoms with Gasteiger partial charge in [-0.05, 0) is 68.3 Å². The fourth-order valence-corrected chi connectivity index (χ4v) is 5.71. The maximum Gasteiger partial charge on any atom is 0.231 e. The molecule has 6 rings (SSSR count). The lowest BCUT2D eigenvalue weighted by atomic mass is 9.99. The minimum absolute atomic E-state index is 0.117. The highest BCUT2D eigenvalue weighted by Gasteiger charge is 2.34. The van der Waals surface area contributed by atoms with Crippen molar-refractivity contribution in [3.05, 3.63) is 82.2 Å². The van der Waals surface area contributed by atoms with Gasteiger partial charge in [0.25, 0.3) is 0 Å². The highest BCUT2D eigenvalue weighted by Crippen LogP contribution is 2.43. The number of ether oxygens (including phenoxy) is 5. The van der Waals surface area contributed by atoms with Crippen LogP contribution < -0.4 is 23.7 Å². The summed E-state index contributed by atoms with van der Waals surface area (Å²) in [7, 11) is 4.93. The van der Waals surface area contributed by atoms with Gasteiger partial charge in [-0.1, -0.05) is 6.07 Å². The van der Waals surface area contributed by atoms with Crippen LogP contribution in [0.1, 0.15) is 39.5 Å². The molecule has 0 N–H and O–H groups in total. The van der Waals surface area contributed by atoms with Crippen molar-refractivity contribution in [1.29, 1.82) is 0 Å². The van der Waals surface area contributed by atoms with E-state index < -0.39 is 0 Å². The molecule has 41 heavy (non-hydrogen) atoms. The van der Waals surface area contributed by atoms with Crippen molar-refractivity contribution in [3.8, 4) is 28.7 Å². The van der Waals surface area contributed by atoms with Gasteiger partial charge in [0, 0.05) is 53.4 Å². The van der Waals surface area contributed by atoms with Crippen LogP contribution in [0.5, 0.6) is 28.7 Å². The highest BCUT2D eigenvalue weighted by molar-refractivity contribution is 6.15. The first-order chi connectivity index (χ1) is 19.9. The van der Waals surface area contributed by atoms with Gasteiger partial charge in [-0.2, -0.15) is 0 Å². The molecule has 8 nitrogen and oxygen atoms in total. The third kappa shape index (κ3) is 4.78.